The maximum Gasteiger partial charge on any atom is 0.191 e. The molecule has 0 N–H and O–H groups in total. The summed E-state index contributed by atoms with van der Waals surface area (Å²) in [7, 11) is 0. The summed E-state index contributed by atoms with van der Waals surface area (Å²) in [5, 5.41) is 0. The van der Waals surface area contributed by atoms with Crippen molar-refractivity contribution in [2.24, 2.45) is 0 Å². The first-order chi connectivity index (χ1) is 8.27. The molecule has 3 saturated heterocycles. The van der Waals surface area contributed by atoms with Crippen LogP contribution in [-0.4, -0.2) is 42.8 Å². The summed E-state index contributed by atoms with van der Waals surface area (Å²) in [6.45, 7) is 12.1. The van der Waals surface area contributed by atoms with Crippen molar-refractivity contribution >= 4 is 0 Å². The van der Waals surface area contributed by atoms with Crippen LogP contribution in [0.3, 0.4) is 0 Å². The van der Waals surface area contributed by atoms with Crippen LogP contribution in [0.2, 0.25) is 0 Å². The van der Waals surface area contributed by atoms with Gasteiger partial charge in [-0.15, -0.1) is 0 Å². The second-order valence-electron chi connectivity index (χ2n) is 5.92. The third-order valence-electron chi connectivity index (χ3n) is 3.44. The molecule has 102 valence electrons. The van der Waals surface area contributed by atoms with Gasteiger partial charge in [0.25, 0.3) is 0 Å². The van der Waals surface area contributed by atoms with Crippen LogP contribution in [0.15, 0.2) is 12.2 Å². The molecular formula is C13H20O5. The quantitative estimate of drug-likeness (QED) is 0.666. The van der Waals surface area contributed by atoms with Crippen LogP contribution < -0.4 is 0 Å². The minimum absolute atomic E-state index is 0.145. The van der Waals surface area contributed by atoms with Crippen LogP contribution in [0.1, 0.15) is 27.7 Å². The van der Waals surface area contributed by atoms with Gasteiger partial charge in [0.15, 0.2) is 17.9 Å². The Labute approximate surface area is 107 Å². The molecule has 3 rings (SSSR count). The van der Waals surface area contributed by atoms with E-state index >= 15 is 0 Å². The minimum Gasteiger partial charge on any atom is -0.348 e. The average molecular weight is 256 g/mol. The highest BCUT2D eigenvalue weighted by molar-refractivity contribution is 5.20. The predicted octanol–water partition coefficient (Wildman–Crippen LogP) is 1.57. The molecule has 3 heterocycles. The molecule has 5 heteroatoms. The zero-order valence-corrected chi connectivity index (χ0v) is 11.3. The number of ether oxygens (including phenoxy) is 5. The molecule has 18 heavy (non-hydrogen) atoms. The highest BCUT2D eigenvalue weighted by Crippen LogP contribution is 2.42. The first kappa shape index (κ1) is 12.6. The Morgan fingerprint density at radius 2 is 1.72 bits per heavy atom. The summed E-state index contributed by atoms with van der Waals surface area (Å²) < 4.78 is 28.7. The van der Waals surface area contributed by atoms with Crippen molar-refractivity contribution in [3.63, 3.8) is 0 Å². The molecule has 0 spiro atoms. The van der Waals surface area contributed by atoms with E-state index in [1.165, 1.54) is 0 Å². The van der Waals surface area contributed by atoms with Crippen LogP contribution in [0.4, 0.5) is 0 Å². The van der Waals surface area contributed by atoms with Gasteiger partial charge in [0, 0.05) is 0 Å². The van der Waals surface area contributed by atoms with Crippen molar-refractivity contribution in [1.82, 2.24) is 0 Å². The summed E-state index contributed by atoms with van der Waals surface area (Å²) in [4.78, 5) is 0. The summed E-state index contributed by atoms with van der Waals surface area (Å²) in [6.07, 6.45) is -0.964. The summed E-state index contributed by atoms with van der Waals surface area (Å²) in [5.74, 6) is -1.18. The van der Waals surface area contributed by atoms with Crippen molar-refractivity contribution in [3.05, 3.63) is 12.2 Å². The highest BCUT2D eigenvalue weighted by atomic mass is 16.8. The molecule has 1 unspecified atom stereocenters. The maximum atomic E-state index is 5.86. The van der Waals surface area contributed by atoms with Gasteiger partial charge in [-0.2, -0.15) is 0 Å². The predicted molar refractivity (Wildman–Crippen MR) is 62.7 cm³/mol. The van der Waals surface area contributed by atoms with E-state index in [2.05, 4.69) is 6.58 Å². The first-order valence-corrected chi connectivity index (χ1v) is 6.29. The molecule has 0 aromatic heterocycles. The van der Waals surface area contributed by atoms with Crippen LogP contribution >= 0.6 is 0 Å². The number of rotatable bonds is 1. The molecule has 3 fully saturated rings. The SMILES string of the molecule is C=C1[C@H]2OC(C)(C)O[C@H]2O[C@@H]1C1COC(C)(C)O1. The Balaban J connectivity index is 1.70. The molecule has 4 atom stereocenters. The van der Waals surface area contributed by atoms with Crippen LogP contribution in [0.5, 0.6) is 0 Å². The molecular weight excluding hydrogens is 236 g/mol. The van der Waals surface area contributed by atoms with Gasteiger partial charge in [-0.05, 0) is 33.3 Å². The van der Waals surface area contributed by atoms with Crippen LogP contribution in [-0.2, 0) is 23.7 Å². The third kappa shape index (κ3) is 2.00. The lowest BCUT2D eigenvalue weighted by Gasteiger charge is -2.24. The van der Waals surface area contributed by atoms with Gasteiger partial charge in [-0.3, -0.25) is 0 Å². The zero-order valence-electron chi connectivity index (χ0n) is 11.3. The average Bonchev–Trinajstić information content (AvgIpc) is 2.81. The van der Waals surface area contributed by atoms with E-state index in [4.69, 9.17) is 23.7 Å². The molecule has 0 aliphatic carbocycles. The van der Waals surface area contributed by atoms with Crippen molar-refractivity contribution in [3.8, 4) is 0 Å². The molecule has 5 nitrogen and oxygen atoms in total. The Morgan fingerprint density at radius 1 is 1.00 bits per heavy atom. The van der Waals surface area contributed by atoms with Crippen molar-refractivity contribution in [2.45, 2.75) is 63.9 Å². The van der Waals surface area contributed by atoms with E-state index in [-0.39, 0.29) is 24.6 Å². The first-order valence-electron chi connectivity index (χ1n) is 6.29. The summed E-state index contributed by atoms with van der Waals surface area (Å²) >= 11 is 0. The highest BCUT2D eigenvalue weighted by Gasteiger charge is 2.54. The van der Waals surface area contributed by atoms with Crippen LogP contribution in [0, 0.1) is 0 Å². The van der Waals surface area contributed by atoms with Gasteiger partial charge in [-0.25, -0.2) is 0 Å². The maximum absolute atomic E-state index is 5.86. The van der Waals surface area contributed by atoms with E-state index in [9.17, 15) is 0 Å². The second-order valence-corrected chi connectivity index (χ2v) is 5.92. The normalized spacial score (nSPS) is 45.4. The molecule has 0 amide bonds. The van der Waals surface area contributed by atoms with E-state index in [0.29, 0.717) is 6.61 Å². The van der Waals surface area contributed by atoms with Gasteiger partial charge in [0.05, 0.1) is 6.61 Å². The third-order valence-corrected chi connectivity index (χ3v) is 3.44. The van der Waals surface area contributed by atoms with Gasteiger partial charge >= 0.3 is 0 Å². The van der Waals surface area contributed by atoms with Gasteiger partial charge < -0.3 is 23.7 Å². The van der Waals surface area contributed by atoms with E-state index in [1.807, 2.05) is 27.7 Å². The van der Waals surface area contributed by atoms with Gasteiger partial charge in [0.1, 0.15) is 18.3 Å². The minimum atomic E-state index is -0.616. The lowest BCUT2D eigenvalue weighted by atomic mass is 10.0. The Bertz CT molecular complexity index is 376. The number of hydrogen-bond acceptors (Lipinski definition) is 5. The fourth-order valence-corrected chi connectivity index (χ4v) is 2.67. The smallest absolute Gasteiger partial charge is 0.191 e. The lowest BCUT2D eigenvalue weighted by Crippen LogP contribution is -2.34. The van der Waals surface area contributed by atoms with Crippen molar-refractivity contribution in [1.29, 1.82) is 0 Å². The second kappa shape index (κ2) is 3.77. The number of hydrogen-bond donors (Lipinski definition) is 0. The largest absolute Gasteiger partial charge is 0.348 e. The van der Waals surface area contributed by atoms with Crippen molar-refractivity contribution < 1.29 is 23.7 Å². The molecule has 0 radical (unpaired) electrons. The molecule has 0 saturated carbocycles. The van der Waals surface area contributed by atoms with Gasteiger partial charge in [0.2, 0.25) is 0 Å². The Morgan fingerprint density at radius 3 is 2.28 bits per heavy atom. The molecule has 3 aliphatic heterocycles. The summed E-state index contributed by atoms with van der Waals surface area (Å²) in [6, 6.07) is 0. The standard InChI is InChI=1S/C13H20O5/c1-7-9(8-6-14-12(2,3)16-8)15-11-10(7)17-13(4,5)18-11/h8-11H,1,6H2,2-5H3/t8?,9-,10+,11+/m0/s1. The zero-order chi connectivity index (χ0) is 13.1. The fraction of sp³-hybridized carbons (Fsp3) is 0.846. The monoisotopic (exact) mass is 256 g/mol. The fourth-order valence-electron chi connectivity index (χ4n) is 2.67. The van der Waals surface area contributed by atoms with Crippen LogP contribution in [0.25, 0.3) is 0 Å². The van der Waals surface area contributed by atoms with Crippen molar-refractivity contribution in [2.75, 3.05) is 6.61 Å². The Kier molecular flexibility index (Phi) is 2.63. The molecule has 0 bridgehead atoms. The molecule has 3 aliphatic rings. The van der Waals surface area contributed by atoms with E-state index < -0.39 is 11.6 Å². The Hall–Kier alpha value is -0.460. The van der Waals surface area contributed by atoms with Gasteiger partial charge in [-0.1, -0.05) is 6.58 Å². The topological polar surface area (TPSA) is 46.2 Å². The molecule has 0 aromatic carbocycles. The van der Waals surface area contributed by atoms with E-state index in [0.717, 1.165) is 5.57 Å². The summed E-state index contributed by atoms with van der Waals surface area (Å²) in [5.41, 5.74) is 0.872. The van der Waals surface area contributed by atoms with E-state index in [1.54, 1.807) is 0 Å². The lowest BCUT2D eigenvalue weighted by molar-refractivity contribution is -0.215. The molecule has 0 aromatic rings. The number of fused-ring (bicyclic) bond motifs is 1.